The Morgan fingerprint density at radius 3 is 1.36 bits per heavy atom. The zero-order chi connectivity index (χ0) is 22.8. The van der Waals surface area contributed by atoms with Gasteiger partial charge in [0.05, 0.1) is 0 Å². The first-order valence-corrected chi connectivity index (χ1v) is 11.5. The number of fused-ring (bicyclic) bond motifs is 6. The van der Waals surface area contributed by atoms with E-state index in [1.54, 1.807) is 0 Å². The van der Waals surface area contributed by atoms with Crippen molar-refractivity contribution in [3.8, 4) is 22.3 Å². The number of hydrogen-bond acceptors (Lipinski definition) is 0. The van der Waals surface area contributed by atoms with Gasteiger partial charge in [0, 0.05) is 0 Å². The Bertz CT molecular complexity index is 1540. The average Bonchev–Trinajstić information content (AvgIpc) is 2.90. The van der Waals surface area contributed by atoms with Gasteiger partial charge in [-0.05, 0) is 78.8 Å². The monoisotopic (exact) mass is 428 g/mol. The highest BCUT2D eigenvalue weighted by atomic mass is 19.1. The predicted octanol–water partition coefficient (Wildman–Crippen LogP) is 9.65. The molecule has 0 N–H and O–H groups in total. The summed E-state index contributed by atoms with van der Waals surface area (Å²) in [5.74, 6) is -0.214. The Labute approximate surface area is 193 Å². The molecule has 1 heteroatoms. The number of rotatable bonds is 2. The van der Waals surface area contributed by atoms with Crippen molar-refractivity contribution in [2.75, 3.05) is 0 Å². The molecule has 0 nitrogen and oxygen atoms in total. The normalized spacial score (nSPS) is 10.9. The van der Waals surface area contributed by atoms with E-state index in [1.807, 2.05) is 26.0 Å². The molecule has 0 aliphatic rings. The molecule has 33 heavy (non-hydrogen) atoms. The van der Waals surface area contributed by atoms with Gasteiger partial charge in [0.2, 0.25) is 0 Å². The van der Waals surface area contributed by atoms with Crippen LogP contribution >= 0.6 is 0 Å². The maximum atomic E-state index is 13.3. The quantitative estimate of drug-likeness (QED) is 0.241. The van der Waals surface area contributed by atoms with Crippen molar-refractivity contribution in [2.24, 2.45) is 0 Å². The van der Waals surface area contributed by atoms with Crippen LogP contribution in [-0.2, 0) is 0 Å². The fourth-order valence-electron chi connectivity index (χ4n) is 4.61. The van der Waals surface area contributed by atoms with Gasteiger partial charge in [0.1, 0.15) is 5.82 Å². The summed E-state index contributed by atoms with van der Waals surface area (Å²) in [6.07, 6.45) is 0. The largest absolute Gasteiger partial charge is 0.207 e. The summed E-state index contributed by atoms with van der Waals surface area (Å²) in [4.78, 5) is 0. The summed E-state index contributed by atoms with van der Waals surface area (Å²) in [6.45, 7) is 4.00. The molecule has 6 aromatic rings. The molecule has 0 aliphatic carbocycles. The fourth-order valence-corrected chi connectivity index (χ4v) is 4.61. The summed E-state index contributed by atoms with van der Waals surface area (Å²) in [7, 11) is 0. The minimum Gasteiger partial charge on any atom is -0.207 e. The van der Waals surface area contributed by atoms with E-state index in [9.17, 15) is 4.39 Å². The Morgan fingerprint density at radius 1 is 0.364 bits per heavy atom. The Hall–Kier alpha value is -3.97. The Balaban J connectivity index is 0.00000111. The average molecular weight is 429 g/mol. The maximum absolute atomic E-state index is 13.3. The second-order valence-corrected chi connectivity index (χ2v) is 7.94. The standard InChI is InChI=1S/C30H19F.C2H6/c31-24-15-12-20(13-16-24)21-6-5-7-22(18-21)23-14-17-29-27-10-2-1-8-25(27)26-9-3-4-11-28(26)30(29)19-23;1-2/h1-19H;1-2H3. The van der Waals surface area contributed by atoms with E-state index >= 15 is 0 Å². The van der Waals surface area contributed by atoms with Crippen molar-refractivity contribution in [1.82, 2.24) is 0 Å². The van der Waals surface area contributed by atoms with E-state index in [-0.39, 0.29) is 5.82 Å². The lowest BCUT2D eigenvalue weighted by atomic mass is 9.91. The van der Waals surface area contributed by atoms with Gasteiger partial charge in [0.15, 0.2) is 0 Å². The molecule has 0 saturated carbocycles. The van der Waals surface area contributed by atoms with Crippen LogP contribution < -0.4 is 0 Å². The van der Waals surface area contributed by atoms with Gasteiger partial charge in [-0.1, -0.05) is 105 Å². The van der Waals surface area contributed by atoms with E-state index in [0.717, 1.165) is 16.7 Å². The molecule has 160 valence electrons. The predicted molar refractivity (Wildman–Crippen MR) is 141 cm³/mol. The molecule has 6 aromatic carbocycles. The third-order valence-corrected chi connectivity index (χ3v) is 6.12. The molecule has 0 bridgehead atoms. The van der Waals surface area contributed by atoms with Gasteiger partial charge in [-0.25, -0.2) is 4.39 Å². The molecule has 0 spiro atoms. The van der Waals surface area contributed by atoms with Crippen molar-refractivity contribution < 1.29 is 4.39 Å². The van der Waals surface area contributed by atoms with Crippen molar-refractivity contribution >= 4 is 32.3 Å². The molecular formula is C32H25F. The first-order chi connectivity index (χ1) is 16.3. The first-order valence-electron chi connectivity index (χ1n) is 11.5. The van der Waals surface area contributed by atoms with Crippen LogP contribution in [-0.4, -0.2) is 0 Å². The van der Waals surface area contributed by atoms with Crippen LogP contribution in [0.4, 0.5) is 4.39 Å². The lowest BCUT2D eigenvalue weighted by Gasteiger charge is -2.12. The summed E-state index contributed by atoms with van der Waals surface area (Å²) < 4.78 is 13.3. The van der Waals surface area contributed by atoms with Crippen LogP contribution in [0.3, 0.4) is 0 Å². The smallest absolute Gasteiger partial charge is 0.123 e. The topological polar surface area (TPSA) is 0 Å². The highest BCUT2D eigenvalue weighted by Gasteiger charge is 2.10. The third kappa shape index (κ3) is 3.76. The highest BCUT2D eigenvalue weighted by molar-refractivity contribution is 6.25. The first kappa shape index (κ1) is 20.9. The van der Waals surface area contributed by atoms with Crippen LogP contribution in [0.2, 0.25) is 0 Å². The van der Waals surface area contributed by atoms with Gasteiger partial charge >= 0.3 is 0 Å². The summed E-state index contributed by atoms with van der Waals surface area (Å²) in [5, 5.41) is 7.65. The SMILES string of the molecule is CC.Fc1ccc(-c2cccc(-c3ccc4c5ccccc5c5ccccc5c4c3)c2)cc1. The van der Waals surface area contributed by atoms with Gasteiger partial charge < -0.3 is 0 Å². The molecule has 0 unspecified atom stereocenters. The van der Waals surface area contributed by atoms with Crippen LogP contribution in [0.25, 0.3) is 54.6 Å². The van der Waals surface area contributed by atoms with Crippen LogP contribution in [0.1, 0.15) is 13.8 Å². The third-order valence-electron chi connectivity index (χ3n) is 6.12. The second-order valence-electron chi connectivity index (χ2n) is 7.94. The highest BCUT2D eigenvalue weighted by Crippen LogP contribution is 2.37. The molecule has 6 rings (SSSR count). The number of halogens is 1. The minimum absolute atomic E-state index is 0.214. The van der Waals surface area contributed by atoms with E-state index in [1.165, 1.54) is 50.0 Å². The Kier molecular flexibility index (Phi) is 5.62. The van der Waals surface area contributed by atoms with E-state index in [2.05, 4.69) is 91.0 Å². The lowest BCUT2D eigenvalue weighted by molar-refractivity contribution is 0.628. The lowest BCUT2D eigenvalue weighted by Crippen LogP contribution is -1.86. The summed E-state index contributed by atoms with van der Waals surface area (Å²) >= 11 is 0. The minimum atomic E-state index is -0.214. The molecule has 0 heterocycles. The van der Waals surface area contributed by atoms with E-state index < -0.39 is 0 Å². The van der Waals surface area contributed by atoms with Crippen LogP contribution in [0.15, 0.2) is 115 Å². The van der Waals surface area contributed by atoms with Crippen molar-refractivity contribution in [2.45, 2.75) is 13.8 Å². The van der Waals surface area contributed by atoms with Crippen molar-refractivity contribution in [1.29, 1.82) is 0 Å². The molecule has 0 aromatic heterocycles. The van der Waals surface area contributed by atoms with Gasteiger partial charge in [-0.2, -0.15) is 0 Å². The molecule has 0 saturated heterocycles. The molecular weight excluding hydrogens is 403 g/mol. The zero-order valence-electron chi connectivity index (χ0n) is 18.8. The Morgan fingerprint density at radius 2 is 0.788 bits per heavy atom. The molecule has 0 aliphatic heterocycles. The van der Waals surface area contributed by atoms with Crippen LogP contribution in [0, 0.1) is 5.82 Å². The molecule has 0 fully saturated rings. The van der Waals surface area contributed by atoms with E-state index in [0.29, 0.717) is 0 Å². The van der Waals surface area contributed by atoms with Gasteiger partial charge in [-0.15, -0.1) is 0 Å². The van der Waals surface area contributed by atoms with Crippen molar-refractivity contribution in [3.63, 3.8) is 0 Å². The van der Waals surface area contributed by atoms with Gasteiger partial charge in [-0.3, -0.25) is 0 Å². The summed E-state index contributed by atoms with van der Waals surface area (Å²) in [6, 6.07) is 39.1. The number of hydrogen-bond donors (Lipinski definition) is 0. The maximum Gasteiger partial charge on any atom is 0.123 e. The second kappa shape index (κ2) is 8.88. The van der Waals surface area contributed by atoms with Crippen molar-refractivity contribution in [3.05, 3.63) is 121 Å². The van der Waals surface area contributed by atoms with Crippen LogP contribution in [0.5, 0.6) is 0 Å². The van der Waals surface area contributed by atoms with E-state index in [4.69, 9.17) is 0 Å². The molecule has 0 amide bonds. The summed E-state index contributed by atoms with van der Waals surface area (Å²) in [5.41, 5.74) is 4.43. The molecule has 0 atom stereocenters. The fraction of sp³-hybridized carbons (Fsp3) is 0.0625. The number of benzene rings is 6. The molecule has 0 radical (unpaired) electrons. The zero-order valence-corrected chi connectivity index (χ0v) is 18.8. The van der Waals surface area contributed by atoms with Gasteiger partial charge in [0.25, 0.3) is 0 Å².